The lowest BCUT2D eigenvalue weighted by atomic mass is 10.1. The van der Waals surface area contributed by atoms with Crippen molar-refractivity contribution in [2.24, 2.45) is 0 Å². The molecule has 0 aliphatic carbocycles. The van der Waals surface area contributed by atoms with Crippen LogP contribution in [0.15, 0.2) is 50.7 Å². The first-order valence-electron chi connectivity index (χ1n) is 17.7. The first kappa shape index (κ1) is 37.5. The molecule has 1 heterocycles. The number of benzene rings is 1. The van der Waals surface area contributed by atoms with Crippen molar-refractivity contribution in [3.05, 3.63) is 51.9 Å². The van der Waals surface area contributed by atoms with Crippen molar-refractivity contribution < 1.29 is 18.6 Å². The summed E-state index contributed by atoms with van der Waals surface area (Å²) >= 11 is 0. The predicted octanol–water partition coefficient (Wildman–Crippen LogP) is 11.9. The highest BCUT2D eigenvalue weighted by Crippen LogP contribution is 2.37. The van der Waals surface area contributed by atoms with Gasteiger partial charge < -0.3 is 18.6 Å². The Morgan fingerprint density at radius 1 is 0.682 bits per heavy atom. The molecule has 0 aliphatic rings. The molecule has 0 fully saturated rings. The topological polar surface area (TPSA) is 57.9 Å². The maximum Gasteiger partial charge on any atom is 0.383 e. The Labute approximate surface area is 268 Å². The van der Waals surface area contributed by atoms with Gasteiger partial charge in [-0.25, -0.2) is 4.79 Å². The third kappa shape index (κ3) is 15.3. The van der Waals surface area contributed by atoms with E-state index < -0.39 is 5.63 Å². The average Bonchev–Trinajstić information content (AvgIpc) is 3.00. The fourth-order valence-corrected chi connectivity index (χ4v) is 5.32. The van der Waals surface area contributed by atoms with Crippen LogP contribution in [0.4, 0.5) is 0 Å². The van der Waals surface area contributed by atoms with Crippen molar-refractivity contribution in [2.45, 2.75) is 150 Å². The molecule has 44 heavy (non-hydrogen) atoms. The van der Waals surface area contributed by atoms with Crippen molar-refractivity contribution in [1.82, 2.24) is 0 Å². The minimum Gasteiger partial charge on any atom is -0.490 e. The van der Waals surface area contributed by atoms with Gasteiger partial charge in [0.25, 0.3) is 0 Å². The quantitative estimate of drug-likeness (QED) is 0.0602. The maximum atomic E-state index is 13.2. The fourth-order valence-electron chi connectivity index (χ4n) is 5.32. The average molecular weight is 611 g/mol. The standard InChI is InChI=1S/C39H62O5/c1-6-8-10-12-14-16-18-20-29-41-35-27-23-26-34-36(35)44-39(40)38(42-30-21-19-17-15-13-11-9-7-2)37(34)43-31-28-33(5)25-22-24-32(3)4/h23-24,26-28H,6-22,25,29-31H2,1-5H3/b33-28+. The molecule has 0 spiro atoms. The van der Waals surface area contributed by atoms with E-state index in [0.717, 1.165) is 38.5 Å². The highest BCUT2D eigenvalue weighted by atomic mass is 16.5. The molecule has 248 valence electrons. The number of rotatable bonds is 26. The summed E-state index contributed by atoms with van der Waals surface area (Å²) in [4.78, 5) is 13.2. The Morgan fingerprint density at radius 2 is 1.25 bits per heavy atom. The Balaban J connectivity index is 2.08. The van der Waals surface area contributed by atoms with Crippen LogP contribution in [0, 0.1) is 0 Å². The summed E-state index contributed by atoms with van der Waals surface area (Å²) in [5.41, 5.74) is 2.50. The molecule has 0 atom stereocenters. The van der Waals surface area contributed by atoms with Gasteiger partial charge in [0.2, 0.25) is 5.75 Å². The third-order valence-corrected chi connectivity index (χ3v) is 8.06. The molecule has 0 radical (unpaired) electrons. The molecule has 0 saturated heterocycles. The number of fused-ring (bicyclic) bond motifs is 1. The second-order valence-corrected chi connectivity index (χ2v) is 12.5. The molecule has 1 aromatic carbocycles. The number of allylic oxidation sites excluding steroid dienone is 3. The van der Waals surface area contributed by atoms with Gasteiger partial charge in [-0.3, -0.25) is 0 Å². The molecular weight excluding hydrogens is 548 g/mol. The summed E-state index contributed by atoms with van der Waals surface area (Å²) in [6.45, 7) is 12.3. The van der Waals surface area contributed by atoms with Gasteiger partial charge in [0.05, 0.1) is 18.6 Å². The first-order chi connectivity index (χ1) is 21.5. The number of para-hydroxylation sites is 1. The van der Waals surface area contributed by atoms with Crippen LogP contribution in [0.3, 0.4) is 0 Å². The van der Waals surface area contributed by atoms with Crippen LogP contribution >= 0.6 is 0 Å². The largest absolute Gasteiger partial charge is 0.490 e. The van der Waals surface area contributed by atoms with Gasteiger partial charge in [-0.1, -0.05) is 127 Å². The van der Waals surface area contributed by atoms with Crippen molar-refractivity contribution in [3.63, 3.8) is 0 Å². The second kappa shape index (κ2) is 23.7. The monoisotopic (exact) mass is 610 g/mol. The number of ether oxygens (including phenoxy) is 3. The predicted molar refractivity (Wildman–Crippen MR) is 187 cm³/mol. The SMILES string of the molecule is CCCCCCCCCCOc1c(OC/C=C(\C)CCC=C(C)C)c2cccc(OCCCCCCCCCC)c2oc1=O. The van der Waals surface area contributed by atoms with Crippen molar-refractivity contribution in [2.75, 3.05) is 19.8 Å². The van der Waals surface area contributed by atoms with Crippen molar-refractivity contribution >= 4 is 11.0 Å². The normalized spacial score (nSPS) is 11.6. The molecule has 1 aromatic heterocycles. The third-order valence-electron chi connectivity index (χ3n) is 8.06. The van der Waals surface area contributed by atoms with Gasteiger partial charge in [0, 0.05) is 0 Å². The van der Waals surface area contributed by atoms with E-state index in [9.17, 15) is 4.79 Å². The number of hydrogen-bond acceptors (Lipinski definition) is 5. The molecular formula is C39H62O5. The molecule has 2 aromatic rings. The Bertz CT molecular complexity index is 1160. The van der Waals surface area contributed by atoms with Crippen LogP contribution in [0.2, 0.25) is 0 Å². The highest BCUT2D eigenvalue weighted by Gasteiger charge is 2.20. The van der Waals surface area contributed by atoms with Gasteiger partial charge >= 0.3 is 5.63 Å². The second-order valence-electron chi connectivity index (χ2n) is 12.5. The van der Waals surface area contributed by atoms with Crippen LogP contribution in [-0.2, 0) is 0 Å². The zero-order chi connectivity index (χ0) is 31.8. The van der Waals surface area contributed by atoms with Crippen LogP contribution in [0.25, 0.3) is 11.0 Å². The Hall–Kier alpha value is -2.69. The van der Waals surface area contributed by atoms with Crippen LogP contribution in [0.5, 0.6) is 17.2 Å². The summed E-state index contributed by atoms with van der Waals surface area (Å²) in [6.07, 6.45) is 25.9. The summed E-state index contributed by atoms with van der Waals surface area (Å²) < 4.78 is 24.3. The van der Waals surface area contributed by atoms with Crippen LogP contribution < -0.4 is 19.8 Å². The van der Waals surface area contributed by atoms with E-state index in [1.54, 1.807) is 0 Å². The summed E-state index contributed by atoms with van der Waals surface area (Å²) in [5, 5.41) is 0.708. The molecule has 0 unspecified atom stereocenters. The smallest absolute Gasteiger partial charge is 0.383 e. The van der Waals surface area contributed by atoms with E-state index >= 15 is 0 Å². The minimum atomic E-state index is -0.514. The molecule has 0 amide bonds. The zero-order valence-electron chi connectivity index (χ0n) is 28.8. The number of hydrogen-bond donors (Lipinski definition) is 0. The lowest BCUT2D eigenvalue weighted by molar-refractivity contribution is 0.262. The summed E-state index contributed by atoms with van der Waals surface area (Å²) in [6, 6.07) is 5.72. The van der Waals surface area contributed by atoms with E-state index in [2.05, 4.69) is 46.8 Å². The fraction of sp³-hybridized carbons (Fsp3) is 0.667. The van der Waals surface area contributed by atoms with Gasteiger partial charge in [-0.05, 0) is 64.7 Å². The number of unbranched alkanes of at least 4 members (excludes halogenated alkanes) is 14. The van der Waals surface area contributed by atoms with Gasteiger partial charge in [0.15, 0.2) is 17.1 Å². The van der Waals surface area contributed by atoms with E-state index in [0.29, 0.717) is 42.3 Å². The van der Waals surface area contributed by atoms with Crippen LogP contribution in [0.1, 0.15) is 150 Å². The van der Waals surface area contributed by atoms with Crippen LogP contribution in [-0.4, -0.2) is 19.8 Å². The molecule has 0 bridgehead atoms. The Morgan fingerprint density at radius 3 is 1.84 bits per heavy atom. The molecule has 0 aliphatic heterocycles. The summed E-state index contributed by atoms with van der Waals surface area (Å²) in [7, 11) is 0. The highest BCUT2D eigenvalue weighted by molar-refractivity contribution is 5.89. The zero-order valence-corrected chi connectivity index (χ0v) is 28.8. The van der Waals surface area contributed by atoms with Crippen molar-refractivity contribution in [3.8, 4) is 17.2 Å². The van der Waals surface area contributed by atoms with Crippen molar-refractivity contribution in [1.29, 1.82) is 0 Å². The first-order valence-corrected chi connectivity index (χ1v) is 17.7. The van der Waals surface area contributed by atoms with Gasteiger partial charge in [-0.2, -0.15) is 0 Å². The molecule has 2 rings (SSSR count). The lowest BCUT2D eigenvalue weighted by Gasteiger charge is -2.15. The molecule has 5 nitrogen and oxygen atoms in total. The Kier molecular flexibility index (Phi) is 20.2. The molecule has 0 saturated carbocycles. The molecule has 5 heteroatoms. The lowest BCUT2D eigenvalue weighted by Crippen LogP contribution is -2.12. The van der Waals surface area contributed by atoms with Gasteiger partial charge in [0.1, 0.15) is 6.61 Å². The minimum absolute atomic E-state index is 0.163. The summed E-state index contributed by atoms with van der Waals surface area (Å²) in [5.74, 6) is 1.19. The molecule has 0 N–H and O–H groups in total. The van der Waals surface area contributed by atoms with E-state index in [4.69, 9.17) is 18.6 Å². The van der Waals surface area contributed by atoms with E-state index in [1.807, 2.05) is 18.2 Å². The van der Waals surface area contributed by atoms with Gasteiger partial charge in [-0.15, -0.1) is 0 Å². The van der Waals surface area contributed by atoms with E-state index in [1.165, 1.54) is 88.2 Å². The van der Waals surface area contributed by atoms with E-state index in [-0.39, 0.29) is 5.75 Å². The maximum absolute atomic E-state index is 13.2.